The van der Waals surface area contributed by atoms with E-state index in [0.717, 1.165) is 30.5 Å². The second-order valence-corrected chi connectivity index (χ2v) is 5.70. The monoisotopic (exact) mass is 352 g/mol. The van der Waals surface area contributed by atoms with Gasteiger partial charge in [-0.25, -0.2) is 4.79 Å². The van der Waals surface area contributed by atoms with Gasteiger partial charge in [0.25, 0.3) is 0 Å². The van der Waals surface area contributed by atoms with E-state index in [1.54, 1.807) is 12.1 Å². The second-order valence-electron chi connectivity index (χ2n) is 5.29. The topological polar surface area (TPSA) is 76.7 Å². The van der Waals surface area contributed by atoms with Crippen LogP contribution in [0.25, 0.3) is 0 Å². The van der Waals surface area contributed by atoms with Gasteiger partial charge < -0.3 is 20.1 Å². The van der Waals surface area contributed by atoms with Crippen LogP contribution < -0.4 is 10.6 Å². The van der Waals surface area contributed by atoms with Crippen molar-refractivity contribution in [3.8, 4) is 0 Å². The van der Waals surface area contributed by atoms with E-state index in [2.05, 4.69) is 15.4 Å². The van der Waals surface area contributed by atoms with Crippen LogP contribution in [0.5, 0.6) is 0 Å². The van der Waals surface area contributed by atoms with Gasteiger partial charge in [-0.15, -0.1) is 0 Å². The standard InChI is InChI=1S/C17H24N2O4S/c1-12-8-9-13(16(21)23-3)11-14(12)19-17(24)18-10-6-4-5-7-15(20)22-2/h8-9,11H,4-7,10H2,1-3H3,(H2,18,19,24). The highest BCUT2D eigenvalue weighted by Gasteiger charge is 2.09. The number of anilines is 1. The molecule has 24 heavy (non-hydrogen) atoms. The zero-order valence-corrected chi connectivity index (χ0v) is 15.1. The third-order valence-electron chi connectivity index (χ3n) is 3.48. The Hall–Kier alpha value is -2.15. The summed E-state index contributed by atoms with van der Waals surface area (Å²) < 4.78 is 9.30. The first-order chi connectivity index (χ1) is 11.5. The number of hydrogen-bond acceptors (Lipinski definition) is 5. The van der Waals surface area contributed by atoms with E-state index in [9.17, 15) is 9.59 Å². The summed E-state index contributed by atoms with van der Waals surface area (Å²) in [5.74, 6) is -0.566. The fourth-order valence-corrected chi connectivity index (χ4v) is 2.26. The van der Waals surface area contributed by atoms with Gasteiger partial charge in [0.05, 0.1) is 19.8 Å². The van der Waals surface area contributed by atoms with Crippen molar-refractivity contribution in [1.82, 2.24) is 5.32 Å². The second kappa shape index (κ2) is 10.6. The molecular formula is C17H24N2O4S. The lowest BCUT2D eigenvalue weighted by Crippen LogP contribution is -2.29. The Morgan fingerprint density at radius 2 is 1.88 bits per heavy atom. The highest BCUT2D eigenvalue weighted by molar-refractivity contribution is 7.80. The van der Waals surface area contributed by atoms with Crippen LogP contribution in [-0.4, -0.2) is 37.8 Å². The molecule has 0 radical (unpaired) electrons. The summed E-state index contributed by atoms with van der Waals surface area (Å²) in [6, 6.07) is 5.26. The number of esters is 2. The van der Waals surface area contributed by atoms with E-state index in [4.69, 9.17) is 17.0 Å². The fourth-order valence-electron chi connectivity index (χ4n) is 2.04. The molecule has 7 heteroatoms. The zero-order chi connectivity index (χ0) is 17.9. The molecule has 0 saturated heterocycles. The average molecular weight is 352 g/mol. The van der Waals surface area contributed by atoms with Gasteiger partial charge in [0.1, 0.15) is 0 Å². The number of unbranched alkanes of at least 4 members (excludes halogenated alkanes) is 2. The highest BCUT2D eigenvalue weighted by atomic mass is 32.1. The number of nitrogens with one attached hydrogen (secondary N) is 2. The third-order valence-corrected chi connectivity index (χ3v) is 3.72. The molecule has 0 unspecified atom stereocenters. The first-order valence-electron chi connectivity index (χ1n) is 7.78. The lowest BCUT2D eigenvalue weighted by Gasteiger charge is -2.13. The molecular weight excluding hydrogens is 328 g/mol. The van der Waals surface area contributed by atoms with Crippen LogP contribution in [0.2, 0.25) is 0 Å². The lowest BCUT2D eigenvalue weighted by molar-refractivity contribution is -0.140. The van der Waals surface area contributed by atoms with Crippen molar-refractivity contribution in [2.24, 2.45) is 0 Å². The molecule has 1 rings (SSSR count). The van der Waals surface area contributed by atoms with Gasteiger partial charge in [-0.3, -0.25) is 4.79 Å². The third kappa shape index (κ3) is 6.95. The summed E-state index contributed by atoms with van der Waals surface area (Å²) in [7, 11) is 2.74. The summed E-state index contributed by atoms with van der Waals surface area (Å²) in [5, 5.41) is 6.69. The Kier molecular flexibility index (Phi) is 8.78. The van der Waals surface area contributed by atoms with E-state index < -0.39 is 0 Å². The first-order valence-corrected chi connectivity index (χ1v) is 8.19. The van der Waals surface area contributed by atoms with Crippen LogP contribution in [0, 0.1) is 6.92 Å². The van der Waals surface area contributed by atoms with Crippen molar-refractivity contribution >= 4 is 35.0 Å². The highest BCUT2D eigenvalue weighted by Crippen LogP contribution is 2.17. The van der Waals surface area contributed by atoms with Gasteiger partial charge >= 0.3 is 11.9 Å². The van der Waals surface area contributed by atoms with Crippen molar-refractivity contribution in [3.63, 3.8) is 0 Å². The predicted molar refractivity (Wildman–Crippen MR) is 97.2 cm³/mol. The molecule has 0 amide bonds. The number of carbonyl (C=O) groups is 2. The molecule has 0 aliphatic carbocycles. The number of hydrogen-bond donors (Lipinski definition) is 2. The molecule has 0 heterocycles. The maximum Gasteiger partial charge on any atom is 0.337 e. The Morgan fingerprint density at radius 1 is 1.12 bits per heavy atom. The molecule has 0 aliphatic rings. The summed E-state index contributed by atoms with van der Waals surface area (Å²) in [4.78, 5) is 22.6. The van der Waals surface area contributed by atoms with Crippen LogP contribution >= 0.6 is 12.2 Å². The minimum atomic E-state index is -0.387. The van der Waals surface area contributed by atoms with Crippen LogP contribution in [0.3, 0.4) is 0 Å². The van der Waals surface area contributed by atoms with Crippen molar-refractivity contribution in [2.45, 2.75) is 32.6 Å². The summed E-state index contributed by atoms with van der Waals surface area (Å²) >= 11 is 5.26. The van der Waals surface area contributed by atoms with Gasteiger partial charge in [-0.2, -0.15) is 0 Å². The lowest BCUT2D eigenvalue weighted by atomic mass is 10.1. The number of aryl methyl sites for hydroxylation is 1. The number of thiocarbonyl (C=S) groups is 1. The minimum absolute atomic E-state index is 0.180. The minimum Gasteiger partial charge on any atom is -0.469 e. The van der Waals surface area contributed by atoms with Crippen LogP contribution in [0.1, 0.15) is 41.6 Å². The molecule has 6 nitrogen and oxygen atoms in total. The summed E-state index contributed by atoms with van der Waals surface area (Å²) in [6.45, 7) is 2.64. The molecule has 0 aliphatic heterocycles. The molecule has 1 aromatic rings. The fraction of sp³-hybridized carbons (Fsp3) is 0.471. The van der Waals surface area contributed by atoms with Crippen molar-refractivity contribution in [2.75, 3.05) is 26.1 Å². The Bertz CT molecular complexity index is 590. The number of methoxy groups -OCH3 is 2. The number of ether oxygens (including phenoxy) is 2. The van der Waals surface area contributed by atoms with Crippen molar-refractivity contribution in [3.05, 3.63) is 29.3 Å². The number of benzene rings is 1. The Morgan fingerprint density at radius 3 is 2.54 bits per heavy atom. The SMILES string of the molecule is COC(=O)CCCCCNC(=S)Nc1cc(C(=O)OC)ccc1C. The zero-order valence-electron chi connectivity index (χ0n) is 14.3. The molecule has 0 spiro atoms. The van der Waals surface area contributed by atoms with E-state index >= 15 is 0 Å². The first kappa shape index (κ1) is 19.9. The average Bonchev–Trinajstić information content (AvgIpc) is 2.58. The molecule has 2 N–H and O–H groups in total. The normalized spacial score (nSPS) is 9.96. The molecule has 0 aromatic heterocycles. The summed E-state index contributed by atoms with van der Waals surface area (Å²) in [6.07, 6.45) is 3.06. The maximum atomic E-state index is 11.6. The van der Waals surface area contributed by atoms with Crippen molar-refractivity contribution < 1.29 is 19.1 Å². The van der Waals surface area contributed by atoms with Crippen molar-refractivity contribution in [1.29, 1.82) is 0 Å². The largest absolute Gasteiger partial charge is 0.469 e. The van der Waals surface area contributed by atoms with E-state index in [1.807, 2.05) is 13.0 Å². The molecule has 132 valence electrons. The predicted octanol–water partition coefficient (Wildman–Crippen LogP) is 2.80. The van der Waals surface area contributed by atoms with E-state index in [-0.39, 0.29) is 11.9 Å². The van der Waals surface area contributed by atoms with Crippen LogP contribution in [0.15, 0.2) is 18.2 Å². The number of carbonyl (C=O) groups excluding carboxylic acids is 2. The van der Waals surface area contributed by atoms with Gasteiger partial charge in [0.2, 0.25) is 0 Å². The Balaban J connectivity index is 2.37. The molecule has 0 fully saturated rings. The molecule has 0 bridgehead atoms. The van der Waals surface area contributed by atoms with Crippen LogP contribution in [-0.2, 0) is 14.3 Å². The Labute approximate surface area is 147 Å². The van der Waals surface area contributed by atoms with Gasteiger partial charge in [0.15, 0.2) is 5.11 Å². The van der Waals surface area contributed by atoms with Gasteiger partial charge in [0, 0.05) is 18.7 Å². The quantitative estimate of drug-likeness (QED) is 0.423. The van der Waals surface area contributed by atoms with Crippen LogP contribution in [0.4, 0.5) is 5.69 Å². The summed E-state index contributed by atoms with van der Waals surface area (Å²) in [5.41, 5.74) is 2.21. The maximum absolute atomic E-state index is 11.6. The van der Waals surface area contributed by atoms with E-state index in [1.165, 1.54) is 14.2 Å². The molecule has 0 saturated carbocycles. The van der Waals surface area contributed by atoms with Gasteiger partial charge in [-0.05, 0) is 49.7 Å². The molecule has 1 aromatic carbocycles. The van der Waals surface area contributed by atoms with Gasteiger partial charge in [-0.1, -0.05) is 12.5 Å². The number of rotatable bonds is 8. The smallest absolute Gasteiger partial charge is 0.337 e. The molecule has 0 atom stereocenters. The van der Waals surface area contributed by atoms with E-state index in [0.29, 0.717) is 23.6 Å².